The molecule has 4 aromatic rings. The van der Waals surface area contributed by atoms with E-state index >= 15 is 0 Å². The Balaban J connectivity index is 1.83. The molecule has 160 valence electrons. The molecular formula is C25H19Cl2N3O2. The zero-order valence-electron chi connectivity index (χ0n) is 17.4. The van der Waals surface area contributed by atoms with Crippen LogP contribution in [0.1, 0.15) is 21.5 Å². The van der Waals surface area contributed by atoms with Crippen LogP contribution in [0.4, 0.5) is 17.1 Å². The number of hydrogen-bond acceptors (Lipinski definition) is 4. The number of phenolic OH excluding ortho intramolecular Hbond substituents is 1. The zero-order valence-corrected chi connectivity index (χ0v) is 18.9. The second-order valence-corrected chi connectivity index (χ2v) is 8.25. The summed E-state index contributed by atoms with van der Waals surface area (Å²) in [5.74, 6) is -0.716. The van der Waals surface area contributed by atoms with Gasteiger partial charge in [-0.2, -0.15) is 0 Å². The summed E-state index contributed by atoms with van der Waals surface area (Å²) >= 11 is 12.2. The van der Waals surface area contributed by atoms with Crippen LogP contribution in [0.15, 0.2) is 77.0 Å². The molecule has 0 aliphatic carbocycles. The number of aromatic hydroxyl groups is 1. The van der Waals surface area contributed by atoms with Crippen molar-refractivity contribution >= 4 is 56.9 Å². The van der Waals surface area contributed by atoms with Crippen LogP contribution in [-0.4, -0.2) is 11.0 Å². The third-order valence-corrected chi connectivity index (χ3v) is 5.60. The molecule has 0 aliphatic heterocycles. The van der Waals surface area contributed by atoms with Crippen LogP contribution < -0.4 is 5.32 Å². The normalized spacial score (nSPS) is 11.2. The lowest BCUT2D eigenvalue weighted by Gasteiger charge is -2.13. The van der Waals surface area contributed by atoms with Crippen molar-refractivity contribution in [3.8, 4) is 5.75 Å². The number of para-hydroxylation sites is 1. The number of carbonyl (C=O) groups excluding carboxylic acids is 1. The van der Waals surface area contributed by atoms with Crippen LogP contribution >= 0.6 is 23.2 Å². The number of nitrogens with one attached hydrogen (secondary N) is 1. The van der Waals surface area contributed by atoms with Gasteiger partial charge in [0, 0.05) is 16.1 Å². The van der Waals surface area contributed by atoms with E-state index in [0.29, 0.717) is 26.8 Å². The highest BCUT2D eigenvalue weighted by atomic mass is 35.5. The van der Waals surface area contributed by atoms with Crippen molar-refractivity contribution in [2.24, 2.45) is 10.2 Å². The highest BCUT2D eigenvalue weighted by molar-refractivity contribution is 6.35. The van der Waals surface area contributed by atoms with Crippen LogP contribution in [0.5, 0.6) is 5.75 Å². The molecule has 1 amide bonds. The lowest BCUT2D eigenvalue weighted by molar-refractivity contribution is 0.102. The fraction of sp³-hybridized carbons (Fsp3) is 0.0800. The molecule has 4 aromatic carbocycles. The van der Waals surface area contributed by atoms with Gasteiger partial charge < -0.3 is 10.4 Å². The fourth-order valence-corrected chi connectivity index (χ4v) is 3.66. The number of fused-ring (bicyclic) bond motifs is 1. The van der Waals surface area contributed by atoms with Crippen molar-refractivity contribution in [3.05, 3.63) is 93.5 Å². The Morgan fingerprint density at radius 2 is 1.72 bits per heavy atom. The van der Waals surface area contributed by atoms with Gasteiger partial charge in [-0.15, -0.1) is 10.2 Å². The third kappa shape index (κ3) is 4.44. The van der Waals surface area contributed by atoms with E-state index in [1.54, 1.807) is 30.3 Å². The second-order valence-electron chi connectivity index (χ2n) is 7.41. The molecule has 0 heterocycles. The largest absolute Gasteiger partial charge is 0.505 e. The van der Waals surface area contributed by atoms with Gasteiger partial charge in [0.1, 0.15) is 11.4 Å². The maximum Gasteiger partial charge on any atom is 0.259 e. The number of benzene rings is 4. The Hall–Kier alpha value is -3.41. The van der Waals surface area contributed by atoms with Crippen LogP contribution in [0.2, 0.25) is 10.0 Å². The average molecular weight is 464 g/mol. The molecule has 0 aliphatic rings. The van der Waals surface area contributed by atoms with E-state index in [1.807, 2.05) is 50.2 Å². The van der Waals surface area contributed by atoms with Gasteiger partial charge in [0.25, 0.3) is 5.91 Å². The van der Waals surface area contributed by atoms with Gasteiger partial charge in [0.05, 0.1) is 10.6 Å². The standard InChI is InChI=1S/C25H19Cl2N3O2/c1-14-7-9-18-16(11-14)12-19(25(32)28-21-6-4-3-5-15(21)2)24(31)23(18)30-29-22-13-17(26)8-10-20(22)27/h3-13,31H,1-2H3,(H,28,32). The topological polar surface area (TPSA) is 74.0 Å². The van der Waals surface area contributed by atoms with Crippen LogP contribution in [-0.2, 0) is 0 Å². The van der Waals surface area contributed by atoms with Crippen molar-refractivity contribution in [1.29, 1.82) is 0 Å². The molecular weight excluding hydrogens is 445 g/mol. The Morgan fingerprint density at radius 3 is 2.50 bits per heavy atom. The molecule has 4 rings (SSSR count). The van der Waals surface area contributed by atoms with Gasteiger partial charge in [-0.05, 0) is 55.1 Å². The minimum absolute atomic E-state index is 0.0949. The highest BCUT2D eigenvalue weighted by Gasteiger charge is 2.19. The molecule has 0 atom stereocenters. The summed E-state index contributed by atoms with van der Waals surface area (Å²) < 4.78 is 0. The second kappa shape index (κ2) is 8.99. The first-order chi connectivity index (χ1) is 15.3. The third-order valence-electron chi connectivity index (χ3n) is 5.05. The van der Waals surface area contributed by atoms with Crippen LogP contribution in [0.3, 0.4) is 0 Å². The molecule has 32 heavy (non-hydrogen) atoms. The smallest absolute Gasteiger partial charge is 0.259 e. The number of nitrogens with zero attached hydrogens (tertiary/aromatic N) is 2. The average Bonchev–Trinajstić information content (AvgIpc) is 2.76. The SMILES string of the molecule is Cc1ccc2c(N=Nc3cc(Cl)ccc3Cl)c(O)c(C(=O)Nc3ccccc3C)cc2c1. The molecule has 0 unspecified atom stereocenters. The Labute approximate surface area is 195 Å². The van der Waals surface area contributed by atoms with Crippen LogP contribution in [0, 0.1) is 13.8 Å². The monoisotopic (exact) mass is 463 g/mol. The van der Waals surface area contributed by atoms with Gasteiger partial charge in [0.2, 0.25) is 0 Å². The summed E-state index contributed by atoms with van der Waals surface area (Å²) in [5, 5.41) is 24.5. The van der Waals surface area contributed by atoms with Gasteiger partial charge in [-0.1, -0.05) is 65.2 Å². The van der Waals surface area contributed by atoms with E-state index in [9.17, 15) is 9.90 Å². The molecule has 0 fully saturated rings. The highest BCUT2D eigenvalue weighted by Crippen LogP contribution is 2.41. The van der Waals surface area contributed by atoms with E-state index in [0.717, 1.165) is 16.5 Å². The number of aryl methyl sites for hydroxylation is 2. The minimum Gasteiger partial charge on any atom is -0.505 e. The summed E-state index contributed by atoms with van der Waals surface area (Å²) in [6.07, 6.45) is 0. The Morgan fingerprint density at radius 1 is 0.938 bits per heavy atom. The fourth-order valence-electron chi connectivity index (χ4n) is 3.34. The first kappa shape index (κ1) is 21.8. The van der Waals surface area contributed by atoms with Crippen LogP contribution in [0.25, 0.3) is 10.8 Å². The van der Waals surface area contributed by atoms with Gasteiger partial charge >= 0.3 is 0 Å². The maximum absolute atomic E-state index is 13.1. The Bertz CT molecular complexity index is 1380. The summed E-state index contributed by atoms with van der Waals surface area (Å²) in [7, 11) is 0. The molecule has 0 radical (unpaired) electrons. The number of carbonyl (C=O) groups is 1. The summed E-state index contributed by atoms with van der Waals surface area (Å²) in [6, 6.07) is 19.6. The number of amides is 1. The van der Waals surface area contributed by atoms with Crippen molar-refractivity contribution < 1.29 is 9.90 Å². The first-order valence-electron chi connectivity index (χ1n) is 9.83. The molecule has 0 aromatic heterocycles. The first-order valence-corrected chi connectivity index (χ1v) is 10.6. The zero-order chi connectivity index (χ0) is 22.8. The molecule has 2 N–H and O–H groups in total. The number of hydrogen-bond donors (Lipinski definition) is 2. The molecule has 0 saturated carbocycles. The van der Waals surface area contributed by atoms with Gasteiger partial charge in [0.15, 0.2) is 5.75 Å². The van der Waals surface area contributed by atoms with E-state index in [1.165, 1.54) is 0 Å². The molecule has 0 saturated heterocycles. The number of rotatable bonds is 4. The lowest BCUT2D eigenvalue weighted by atomic mass is 10.0. The van der Waals surface area contributed by atoms with Crippen molar-refractivity contribution in [2.45, 2.75) is 13.8 Å². The predicted octanol–water partition coefficient (Wildman–Crippen LogP) is 8.14. The van der Waals surface area contributed by atoms with E-state index in [4.69, 9.17) is 23.2 Å². The molecule has 0 bridgehead atoms. The summed E-state index contributed by atoms with van der Waals surface area (Å²) in [6.45, 7) is 3.85. The van der Waals surface area contributed by atoms with E-state index in [-0.39, 0.29) is 17.0 Å². The van der Waals surface area contributed by atoms with Crippen molar-refractivity contribution in [1.82, 2.24) is 0 Å². The number of anilines is 1. The number of azo groups is 1. The Kier molecular flexibility index (Phi) is 6.12. The molecule has 0 spiro atoms. The minimum atomic E-state index is -0.447. The van der Waals surface area contributed by atoms with Crippen molar-refractivity contribution in [2.75, 3.05) is 5.32 Å². The molecule has 7 heteroatoms. The van der Waals surface area contributed by atoms with Gasteiger partial charge in [-0.3, -0.25) is 4.79 Å². The van der Waals surface area contributed by atoms with Crippen molar-refractivity contribution in [3.63, 3.8) is 0 Å². The summed E-state index contributed by atoms with van der Waals surface area (Å²) in [4.78, 5) is 13.1. The molecule has 5 nitrogen and oxygen atoms in total. The lowest BCUT2D eigenvalue weighted by Crippen LogP contribution is -2.13. The van der Waals surface area contributed by atoms with E-state index in [2.05, 4.69) is 15.5 Å². The quantitative estimate of drug-likeness (QED) is 0.299. The van der Waals surface area contributed by atoms with E-state index < -0.39 is 5.91 Å². The number of halogens is 2. The predicted molar refractivity (Wildman–Crippen MR) is 130 cm³/mol. The number of phenols is 1. The maximum atomic E-state index is 13.1. The van der Waals surface area contributed by atoms with Gasteiger partial charge in [-0.25, -0.2) is 0 Å². The summed E-state index contributed by atoms with van der Waals surface area (Å²) in [5.41, 5.74) is 3.20.